The van der Waals surface area contributed by atoms with E-state index in [2.05, 4.69) is 10.3 Å². The molecule has 3 N–H and O–H groups in total. The van der Waals surface area contributed by atoms with Gasteiger partial charge in [-0.3, -0.25) is 4.79 Å². The maximum absolute atomic E-state index is 11.5. The summed E-state index contributed by atoms with van der Waals surface area (Å²) in [6, 6.07) is 3.64. The molecule has 1 atom stereocenters. The summed E-state index contributed by atoms with van der Waals surface area (Å²) in [5.74, 6) is 0.505. The van der Waals surface area contributed by atoms with Gasteiger partial charge in [0, 0.05) is 18.7 Å². The van der Waals surface area contributed by atoms with Crippen molar-refractivity contribution in [1.82, 2.24) is 4.98 Å². The van der Waals surface area contributed by atoms with Crippen LogP contribution in [0.1, 0.15) is 25.3 Å². The first-order chi connectivity index (χ1) is 7.11. The lowest BCUT2D eigenvalue weighted by Gasteiger charge is -2.08. The van der Waals surface area contributed by atoms with E-state index < -0.39 is 0 Å². The molecule has 4 heteroatoms. The highest BCUT2D eigenvalue weighted by Crippen LogP contribution is 2.06. The molecular weight excluding hydrogens is 190 g/mol. The van der Waals surface area contributed by atoms with E-state index in [0.29, 0.717) is 12.2 Å². The SMILES string of the molecule is CCC(N)CC(=O)Nc1cc(C)ccn1. The molecule has 0 aliphatic rings. The fraction of sp³-hybridized carbons (Fsp3) is 0.455. The summed E-state index contributed by atoms with van der Waals surface area (Å²) in [7, 11) is 0. The molecule has 0 spiro atoms. The smallest absolute Gasteiger partial charge is 0.227 e. The highest BCUT2D eigenvalue weighted by atomic mass is 16.1. The largest absolute Gasteiger partial charge is 0.327 e. The monoisotopic (exact) mass is 207 g/mol. The second kappa shape index (κ2) is 5.46. The number of carbonyl (C=O) groups is 1. The summed E-state index contributed by atoms with van der Waals surface area (Å²) in [4.78, 5) is 15.5. The maximum Gasteiger partial charge on any atom is 0.227 e. The Morgan fingerprint density at radius 3 is 3.00 bits per heavy atom. The van der Waals surface area contributed by atoms with Gasteiger partial charge in [-0.15, -0.1) is 0 Å². The van der Waals surface area contributed by atoms with Gasteiger partial charge in [-0.2, -0.15) is 0 Å². The first-order valence-electron chi connectivity index (χ1n) is 5.10. The number of aryl methyl sites for hydroxylation is 1. The van der Waals surface area contributed by atoms with Gasteiger partial charge >= 0.3 is 0 Å². The predicted molar refractivity (Wildman–Crippen MR) is 60.5 cm³/mol. The van der Waals surface area contributed by atoms with Gasteiger partial charge in [0.05, 0.1) is 0 Å². The molecule has 0 aliphatic carbocycles. The zero-order chi connectivity index (χ0) is 11.3. The van der Waals surface area contributed by atoms with Crippen molar-refractivity contribution in [1.29, 1.82) is 0 Å². The lowest BCUT2D eigenvalue weighted by Crippen LogP contribution is -2.26. The van der Waals surface area contributed by atoms with E-state index >= 15 is 0 Å². The quantitative estimate of drug-likeness (QED) is 0.785. The molecule has 1 heterocycles. The van der Waals surface area contributed by atoms with E-state index in [4.69, 9.17) is 5.73 Å². The topological polar surface area (TPSA) is 68.0 Å². The van der Waals surface area contributed by atoms with Crippen molar-refractivity contribution in [2.75, 3.05) is 5.32 Å². The molecule has 4 nitrogen and oxygen atoms in total. The molecule has 15 heavy (non-hydrogen) atoms. The molecule has 0 aliphatic heterocycles. The third-order valence-electron chi connectivity index (χ3n) is 2.15. The summed E-state index contributed by atoms with van der Waals surface area (Å²) in [6.45, 7) is 3.91. The van der Waals surface area contributed by atoms with Gasteiger partial charge in [0.1, 0.15) is 5.82 Å². The highest BCUT2D eigenvalue weighted by Gasteiger charge is 2.08. The van der Waals surface area contributed by atoms with Crippen LogP contribution in [0, 0.1) is 6.92 Å². The van der Waals surface area contributed by atoms with Gasteiger partial charge in [0.2, 0.25) is 5.91 Å². The van der Waals surface area contributed by atoms with Crippen LogP contribution in [0.5, 0.6) is 0 Å². The van der Waals surface area contributed by atoms with Crippen molar-refractivity contribution in [2.45, 2.75) is 32.7 Å². The lowest BCUT2D eigenvalue weighted by atomic mass is 10.1. The number of nitrogens with zero attached hydrogens (tertiary/aromatic N) is 1. The minimum Gasteiger partial charge on any atom is -0.327 e. The normalized spacial score (nSPS) is 12.2. The van der Waals surface area contributed by atoms with Gasteiger partial charge in [-0.1, -0.05) is 6.92 Å². The van der Waals surface area contributed by atoms with Gasteiger partial charge in [-0.25, -0.2) is 4.98 Å². The number of hydrogen-bond acceptors (Lipinski definition) is 3. The van der Waals surface area contributed by atoms with Crippen molar-refractivity contribution in [2.24, 2.45) is 5.73 Å². The van der Waals surface area contributed by atoms with E-state index in [1.807, 2.05) is 26.0 Å². The third kappa shape index (κ3) is 4.08. The van der Waals surface area contributed by atoms with Crippen LogP contribution >= 0.6 is 0 Å². The molecule has 1 unspecified atom stereocenters. The molecule has 0 fully saturated rings. The van der Waals surface area contributed by atoms with Crippen LogP contribution in [0.2, 0.25) is 0 Å². The van der Waals surface area contributed by atoms with Crippen LogP contribution in [0.3, 0.4) is 0 Å². The van der Waals surface area contributed by atoms with Crippen LogP contribution in [0.25, 0.3) is 0 Å². The van der Waals surface area contributed by atoms with E-state index in [-0.39, 0.29) is 11.9 Å². The molecule has 1 amide bonds. The molecule has 0 aromatic carbocycles. The molecule has 0 bridgehead atoms. The van der Waals surface area contributed by atoms with Crippen molar-refractivity contribution >= 4 is 11.7 Å². The minimum atomic E-state index is -0.0811. The van der Waals surface area contributed by atoms with Crippen molar-refractivity contribution in [3.63, 3.8) is 0 Å². The fourth-order valence-corrected chi connectivity index (χ4v) is 1.18. The second-order valence-corrected chi connectivity index (χ2v) is 3.64. The van der Waals surface area contributed by atoms with Crippen LogP contribution in [-0.2, 0) is 4.79 Å². The molecule has 0 saturated carbocycles. The Morgan fingerprint density at radius 2 is 2.40 bits per heavy atom. The zero-order valence-corrected chi connectivity index (χ0v) is 9.16. The molecule has 0 radical (unpaired) electrons. The van der Waals surface area contributed by atoms with Gasteiger partial charge in [-0.05, 0) is 31.0 Å². The van der Waals surface area contributed by atoms with Crippen LogP contribution in [0.15, 0.2) is 18.3 Å². The highest BCUT2D eigenvalue weighted by molar-refractivity contribution is 5.90. The molecule has 1 aromatic rings. The number of carbonyl (C=O) groups excluding carboxylic acids is 1. The summed E-state index contributed by atoms with van der Waals surface area (Å²) in [6.07, 6.45) is 2.81. The summed E-state index contributed by atoms with van der Waals surface area (Å²) in [5, 5.41) is 2.72. The standard InChI is InChI=1S/C11H17N3O/c1-3-9(12)7-11(15)14-10-6-8(2)4-5-13-10/h4-6,9H,3,7,12H2,1-2H3,(H,13,14,15). The Kier molecular flexibility index (Phi) is 4.24. The number of nitrogens with two attached hydrogens (primary N) is 1. The van der Waals surface area contributed by atoms with Crippen LogP contribution < -0.4 is 11.1 Å². The molecular formula is C11H17N3O. The summed E-state index contributed by atoms with van der Waals surface area (Å²) < 4.78 is 0. The van der Waals surface area contributed by atoms with E-state index in [1.54, 1.807) is 6.20 Å². The van der Waals surface area contributed by atoms with E-state index in [0.717, 1.165) is 12.0 Å². The number of pyridine rings is 1. The van der Waals surface area contributed by atoms with E-state index in [1.165, 1.54) is 0 Å². The number of anilines is 1. The molecule has 0 saturated heterocycles. The lowest BCUT2D eigenvalue weighted by molar-refractivity contribution is -0.116. The average Bonchev–Trinajstić information content (AvgIpc) is 2.17. The average molecular weight is 207 g/mol. The van der Waals surface area contributed by atoms with Gasteiger partial charge in [0.25, 0.3) is 0 Å². The molecule has 82 valence electrons. The van der Waals surface area contributed by atoms with Gasteiger partial charge < -0.3 is 11.1 Å². The Balaban J connectivity index is 2.51. The number of rotatable bonds is 4. The summed E-state index contributed by atoms with van der Waals surface area (Å²) >= 11 is 0. The first kappa shape index (κ1) is 11.7. The van der Waals surface area contributed by atoms with Crippen molar-refractivity contribution < 1.29 is 4.79 Å². The van der Waals surface area contributed by atoms with E-state index in [9.17, 15) is 4.79 Å². The fourth-order valence-electron chi connectivity index (χ4n) is 1.18. The Bertz CT molecular complexity index is 338. The number of aromatic nitrogens is 1. The van der Waals surface area contributed by atoms with Crippen molar-refractivity contribution in [3.05, 3.63) is 23.9 Å². The minimum absolute atomic E-state index is 0.0743. The Labute approximate surface area is 89.9 Å². The Hall–Kier alpha value is -1.42. The predicted octanol–water partition coefficient (Wildman–Crippen LogP) is 1.46. The van der Waals surface area contributed by atoms with Crippen molar-refractivity contribution in [3.8, 4) is 0 Å². The first-order valence-corrected chi connectivity index (χ1v) is 5.10. The number of hydrogen-bond donors (Lipinski definition) is 2. The van der Waals surface area contributed by atoms with Crippen LogP contribution in [0.4, 0.5) is 5.82 Å². The third-order valence-corrected chi connectivity index (χ3v) is 2.15. The number of nitrogens with one attached hydrogen (secondary N) is 1. The van der Waals surface area contributed by atoms with Crippen LogP contribution in [-0.4, -0.2) is 16.9 Å². The zero-order valence-electron chi connectivity index (χ0n) is 9.16. The Morgan fingerprint density at radius 1 is 1.67 bits per heavy atom. The number of amides is 1. The summed E-state index contributed by atoms with van der Waals surface area (Å²) in [5.41, 5.74) is 6.75. The molecule has 1 rings (SSSR count). The second-order valence-electron chi connectivity index (χ2n) is 3.64. The van der Waals surface area contributed by atoms with Gasteiger partial charge in [0.15, 0.2) is 0 Å². The molecule has 1 aromatic heterocycles. The maximum atomic E-state index is 11.5.